The van der Waals surface area contributed by atoms with Gasteiger partial charge in [-0.15, -0.1) is 0 Å². The molecule has 0 spiro atoms. The Labute approximate surface area is 101 Å². The zero-order valence-electron chi connectivity index (χ0n) is 8.34. The number of halogens is 1. The minimum atomic E-state index is 0.924. The summed E-state index contributed by atoms with van der Waals surface area (Å²) in [6, 6.07) is 10.1. The molecular weight excluding hydrogens is 266 g/mol. The molecule has 0 aliphatic carbocycles. The topological polar surface area (TPSA) is 30.7 Å². The molecule has 1 aromatic carbocycles. The highest BCUT2D eigenvalue weighted by Gasteiger charge is 2.03. The van der Waals surface area contributed by atoms with Crippen molar-refractivity contribution in [3.8, 4) is 5.69 Å². The Kier molecular flexibility index (Phi) is 2.22. The zero-order valence-corrected chi connectivity index (χ0v) is 9.92. The van der Waals surface area contributed by atoms with E-state index in [2.05, 4.69) is 32.0 Å². The van der Waals surface area contributed by atoms with E-state index < -0.39 is 0 Å². The van der Waals surface area contributed by atoms with E-state index in [0.29, 0.717) is 0 Å². The SMILES string of the molecule is Brc1cccc(-n2ccc3cncnc32)c1. The number of benzene rings is 1. The number of rotatable bonds is 1. The third-order valence-corrected chi connectivity index (χ3v) is 2.93. The average molecular weight is 274 g/mol. The van der Waals surface area contributed by atoms with Gasteiger partial charge in [0.15, 0.2) is 0 Å². The number of hydrogen-bond donors (Lipinski definition) is 0. The molecule has 2 heterocycles. The van der Waals surface area contributed by atoms with Gasteiger partial charge in [0.2, 0.25) is 0 Å². The lowest BCUT2D eigenvalue weighted by Gasteiger charge is -2.04. The van der Waals surface area contributed by atoms with Gasteiger partial charge in [0, 0.05) is 27.9 Å². The van der Waals surface area contributed by atoms with Crippen LogP contribution >= 0.6 is 15.9 Å². The molecule has 3 rings (SSSR count). The smallest absolute Gasteiger partial charge is 0.147 e. The molecule has 16 heavy (non-hydrogen) atoms. The van der Waals surface area contributed by atoms with Crippen LogP contribution in [0.2, 0.25) is 0 Å². The van der Waals surface area contributed by atoms with Gasteiger partial charge in [0.1, 0.15) is 12.0 Å². The van der Waals surface area contributed by atoms with E-state index in [9.17, 15) is 0 Å². The summed E-state index contributed by atoms with van der Waals surface area (Å²) in [6.07, 6.45) is 5.38. The van der Waals surface area contributed by atoms with Crippen LogP contribution in [-0.2, 0) is 0 Å². The minimum Gasteiger partial charge on any atom is -0.301 e. The van der Waals surface area contributed by atoms with Crippen LogP contribution in [0.3, 0.4) is 0 Å². The molecule has 0 N–H and O–H groups in total. The molecule has 0 saturated carbocycles. The summed E-state index contributed by atoms with van der Waals surface area (Å²) in [4.78, 5) is 8.29. The molecule has 0 bridgehead atoms. The van der Waals surface area contributed by atoms with E-state index in [1.165, 1.54) is 0 Å². The normalized spacial score (nSPS) is 10.8. The van der Waals surface area contributed by atoms with Crippen LogP contribution in [0, 0.1) is 0 Å². The first-order chi connectivity index (χ1) is 7.84. The van der Waals surface area contributed by atoms with E-state index in [4.69, 9.17) is 0 Å². The van der Waals surface area contributed by atoms with Crippen molar-refractivity contribution in [2.24, 2.45) is 0 Å². The molecule has 0 aliphatic heterocycles. The maximum Gasteiger partial charge on any atom is 0.147 e. The van der Waals surface area contributed by atoms with Crippen LogP contribution in [0.5, 0.6) is 0 Å². The largest absolute Gasteiger partial charge is 0.301 e. The summed E-state index contributed by atoms with van der Waals surface area (Å²) in [7, 11) is 0. The monoisotopic (exact) mass is 273 g/mol. The lowest BCUT2D eigenvalue weighted by atomic mass is 10.3. The minimum absolute atomic E-state index is 0.924. The number of aromatic nitrogens is 3. The summed E-state index contributed by atoms with van der Waals surface area (Å²) in [5, 5.41) is 1.04. The number of hydrogen-bond acceptors (Lipinski definition) is 2. The van der Waals surface area contributed by atoms with Gasteiger partial charge in [0.25, 0.3) is 0 Å². The van der Waals surface area contributed by atoms with Crippen LogP contribution in [-0.4, -0.2) is 14.5 Å². The molecule has 0 unspecified atom stereocenters. The van der Waals surface area contributed by atoms with Crippen LogP contribution in [0.25, 0.3) is 16.7 Å². The van der Waals surface area contributed by atoms with Gasteiger partial charge in [-0.1, -0.05) is 22.0 Å². The fourth-order valence-electron chi connectivity index (χ4n) is 1.71. The van der Waals surface area contributed by atoms with Crippen molar-refractivity contribution in [1.82, 2.24) is 14.5 Å². The first-order valence-corrected chi connectivity index (χ1v) is 5.67. The third-order valence-electron chi connectivity index (χ3n) is 2.44. The van der Waals surface area contributed by atoms with E-state index in [0.717, 1.165) is 21.2 Å². The second-order valence-electron chi connectivity index (χ2n) is 3.47. The molecule has 2 aromatic heterocycles. The van der Waals surface area contributed by atoms with Crippen LogP contribution in [0.4, 0.5) is 0 Å². The first kappa shape index (κ1) is 9.54. The molecule has 0 radical (unpaired) electrons. The summed E-state index contributed by atoms with van der Waals surface area (Å²) < 4.78 is 3.10. The van der Waals surface area contributed by atoms with E-state index in [-0.39, 0.29) is 0 Å². The van der Waals surface area contributed by atoms with E-state index in [1.807, 2.05) is 41.2 Å². The number of fused-ring (bicyclic) bond motifs is 1. The predicted octanol–water partition coefficient (Wildman–Crippen LogP) is 3.18. The van der Waals surface area contributed by atoms with E-state index >= 15 is 0 Å². The molecule has 0 atom stereocenters. The second-order valence-corrected chi connectivity index (χ2v) is 4.38. The Hall–Kier alpha value is -1.68. The third kappa shape index (κ3) is 1.51. The van der Waals surface area contributed by atoms with Gasteiger partial charge in [-0.3, -0.25) is 0 Å². The molecule has 0 saturated heterocycles. The van der Waals surface area contributed by atoms with Crippen LogP contribution in [0.1, 0.15) is 0 Å². The van der Waals surface area contributed by atoms with Gasteiger partial charge >= 0.3 is 0 Å². The van der Waals surface area contributed by atoms with Crippen molar-refractivity contribution in [1.29, 1.82) is 0 Å². The van der Waals surface area contributed by atoms with Crippen molar-refractivity contribution in [3.05, 3.63) is 53.5 Å². The Bertz CT molecular complexity index is 645. The number of nitrogens with zero attached hydrogens (tertiary/aromatic N) is 3. The van der Waals surface area contributed by atoms with Gasteiger partial charge < -0.3 is 4.57 Å². The van der Waals surface area contributed by atoms with Crippen molar-refractivity contribution in [2.45, 2.75) is 0 Å². The molecule has 78 valence electrons. The maximum absolute atomic E-state index is 4.28. The first-order valence-electron chi connectivity index (χ1n) is 4.87. The Morgan fingerprint density at radius 1 is 1.19 bits per heavy atom. The Balaban J connectivity index is 2.26. The Morgan fingerprint density at radius 3 is 3.00 bits per heavy atom. The second kappa shape index (κ2) is 3.72. The zero-order chi connectivity index (χ0) is 11.0. The van der Waals surface area contributed by atoms with Gasteiger partial charge in [0.05, 0.1) is 0 Å². The highest BCUT2D eigenvalue weighted by Crippen LogP contribution is 2.20. The fourth-order valence-corrected chi connectivity index (χ4v) is 2.10. The summed E-state index contributed by atoms with van der Waals surface area (Å²) in [5.41, 5.74) is 2.01. The van der Waals surface area contributed by atoms with E-state index in [1.54, 1.807) is 6.33 Å². The highest BCUT2D eigenvalue weighted by molar-refractivity contribution is 9.10. The standard InChI is InChI=1S/C12H8BrN3/c13-10-2-1-3-11(6-10)16-5-4-9-7-14-8-15-12(9)16/h1-8H. The van der Waals surface area contributed by atoms with Gasteiger partial charge in [-0.25, -0.2) is 9.97 Å². The molecule has 3 nitrogen and oxygen atoms in total. The maximum atomic E-state index is 4.28. The van der Waals surface area contributed by atoms with Gasteiger partial charge in [-0.2, -0.15) is 0 Å². The summed E-state index contributed by atoms with van der Waals surface area (Å²) in [6.45, 7) is 0. The highest BCUT2D eigenvalue weighted by atomic mass is 79.9. The van der Waals surface area contributed by atoms with Crippen LogP contribution in [0.15, 0.2) is 53.5 Å². The molecular formula is C12H8BrN3. The lowest BCUT2D eigenvalue weighted by molar-refractivity contribution is 1.07. The molecule has 0 fully saturated rings. The molecule has 4 heteroatoms. The lowest BCUT2D eigenvalue weighted by Crippen LogP contribution is -1.93. The van der Waals surface area contributed by atoms with Gasteiger partial charge in [-0.05, 0) is 24.3 Å². The Morgan fingerprint density at radius 2 is 2.12 bits per heavy atom. The quantitative estimate of drug-likeness (QED) is 0.682. The predicted molar refractivity (Wildman–Crippen MR) is 66.6 cm³/mol. The molecule has 0 amide bonds. The average Bonchev–Trinajstić information content (AvgIpc) is 2.72. The summed E-state index contributed by atoms with van der Waals surface area (Å²) in [5.74, 6) is 0. The summed E-state index contributed by atoms with van der Waals surface area (Å²) >= 11 is 3.47. The van der Waals surface area contributed by atoms with Crippen molar-refractivity contribution in [3.63, 3.8) is 0 Å². The van der Waals surface area contributed by atoms with Crippen molar-refractivity contribution in [2.75, 3.05) is 0 Å². The van der Waals surface area contributed by atoms with Crippen molar-refractivity contribution < 1.29 is 0 Å². The molecule has 0 aliphatic rings. The fraction of sp³-hybridized carbons (Fsp3) is 0. The van der Waals surface area contributed by atoms with Crippen molar-refractivity contribution >= 4 is 27.0 Å². The molecule has 3 aromatic rings. The van der Waals surface area contributed by atoms with Crippen LogP contribution < -0.4 is 0 Å².